The highest BCUT2D eigenvalue weighted by molar-refractivity contribution is 5.66. The van der Waals surface area contributed by atoms with Crippen LogP contribution in [0.1, 0.15) is 32.3 Å². The molecule has 0 bridgehead atoms. The second kappa shape index (κ2) is 5.76. The normalized spacial score (nSPS) is 11.1. The number of carboxylic acids is 1. The van der Waals surface area contributed by atoms with Crippen LogP contribution in [0.15, 0.2) is 18.2 Å². The van der Waals surface area contributed by atoms with Crippen molar-refractivity contribution in [3.05, 3.63) is 23.8 Å². The molecule has 0 unspecified atom stereocenters. The van der Waals surface area contributed by atoms with E-state index in [1.807, 2.05) is 39.0 Å². The summed E-state index contributed by atoms with van der Waals surface area (Å²) in [5.41, 5.74) is 0.545. The van der Waals surface area contributed by atoms with Gasteiger partial charge in [0, 0.05) is 6.42 Å². The lowest BCUT2D eigenvalue weighted by Gasteiger charge is -2.27. The number of hydrogen-bond acceptors (Lipinski definition) is 3. The zero-order valence-corrected chi connectivity index (χ0v) is 11.3. The molecule has 0 aliphatic heterocycles. The zero-order chi connectivity index (χ0) is 13.8. The van der Waals surface area contributed by atoms with E-state index < -0.39 is 11.6 Å². The Labute approximate surface area is 108 Å². The van der Waals surface area contributed by atoms with E-state index in [-0.39, 0.29) is 6.42 Å². The van der Waals surface area contributed by atoms with Crippen molar-refractivity contribution in [2.45, 2.75) is 39.2 Å². The number of methoxy groups -OCH3 is 1. The Bertz CT molecular complexity index is 424. The van der Waals surface area contributed by atoms with Gasteiger partial charge in [0.15, 0.2) is 11.5 Å². The third-order valence-corrected chi connectivity index (χ3v) is 2.65. The molecule has 1 rings (SSSR count). The van der Waals surface area contributed by atoms with Crippen molar-refractivity contribution in [2.24, 2.45) is 0 Å². The Morgan fingerprint density at radius 3 is 2.56 bits per heavy atom. The van der Waals surface area contributed by atoms with Gasteiger partial charge in [-0.05, 0) is 44.9 Å². The van der Waals surface area contributed by atoms with Crippen LogP contribution in [0, 0.1) is 6.92 Å². The highest BCUT2D eigenvalue weighted by Crippen LogP contribution is 2.32. The molecule has 0 fully saturated rings. The van der Waals surface area contributed by atoms with Gasteiger partial charge in [-0.15, -0.1) is 0 Å². The molecule has 0 aliphatic rings. The molecule has 4 nitrogen and oxygen atoms in total. The van der Waals surface area contributed by atoms with E-state index in [2.05, 4.69) is 0 Å². The van der Waals surface area contributed by atoms with E-state index >= 15 is 0 Å². The van der Waals surface area contributed by atoms with Gasteiger partial charge in [0.1, 0.15) is 5.60 Å². The average Bonchev–Trinajstić information content (AvgIpc) is 2.29. The Kier molecular flexibility index (Phi) is 4.59. The lowest BCUT2D eigenvalue weighted by atomic mass is 10.0. The molecule has 1 aromatic rings. The van der Waals surface area contributed by atoms with Gasteiger partial charge in [-0.3, -0.25) is 4.79 Å². The number of carboxylic acid groups (broad SMARTS) is 1. The van der Waals surface area contributed by atoms with Crippen LogP contribution in [0.4, 0.5) is 0 Å². The minimum absolute atomic E-state index is 0.0845. The summed E-state index contributed by atoms with van der Waals surface area (Å²) >= 11 is 0. The second-order valence-electron chi connectivity index (χ2n) is 4.91. The number of ether oxygens (including phenoxy) is 2. The van der Waals surface area contributed by atoms with E-state index in [1.165, 1.54) is 0 Å². The molecule has 0 spiro atoms. The number of aliphatic carboxylic acids is 1. The number of carbonyl (C=O) groups is 1. The standard InChI is InChI=1S/C14H20O4/c1-10-5-6-11(12(9-10)17-4)18-14(2,3)8-7-13(15)16/h5-6,9H,7-8H2,1-4H3,(H,15,16). The number of rotatable bonds is 6. The first-order chi connectivity index (χ1) is 8.34. The molecule has 100 valence electrons. The number of benzene rings is 1. The summed E-state index contributed by atoms with van der Waals surface area (Å²) in [4.78, 5) is 10.6. The maximum Gasteiger partial charge on any atom is 0.303 e. The SMILES string of the molecule is COc1cc(C)ccc1OC(C)(C)CCC(=O)O. The molecule has 0 radical (unpaired) electrons. The topological polar surface area (TPSA) is 55.8 Å². The smallest absolute Gasteiger partial charge is 0.303 e. The van der Waals surface area contributed by atoms with Crippen molar-refractivity contribution in [1.82, 2.24) is 0 Å². The maximum atomic E-state index is 10.6. The fraction of sp³-hybridized carbons (Fsp3) is 0.500. The predicted molar refractivity (Wildman–Crippen MR) is 69.3 cm³/mol. The lowest BCUT2D eigenvalue weighted by molar-refractivity contribution is -0.138. The molecule has 1 aromatic carbocycles. The first kappa shape index (κ1) is 14.4. The summed E-state index contributed by atoms with van der Waals surface area (Å²) in [7, 11) is 1.59. The largest absolute Gasteiger partial charge is 0.493 e. The molecule has 0 aliphatic carbocycles. The molecule has 0 saturated heterocycles. The molecular weight excluding hydrogens is 232 g/mol. The highest BCUT2D eigenvalue weighted by atomic mass is 16.5. The Morgan fingerprint density at radius 1 is 1.33 bits per heavy atom. The maximum absolute atomic E-state index is 10.6. The van der Waals surface area contributed by atoms with Gasteiger partial charge < -0.3 is 14.6 Å². The van der Waals surface area contributed by atoms with Crippen LogP contribution in [-0.2, 0) is 4.79 Å². The van der Waals surface area contributed by atoms with E-state index in [4.69, 9.17) is 14.6 Å². The summed E-state index contributed by atoms with van der Waals surface area (Å²) in [6.07, 6.45) is 0.528. The van der Waals surface area contributed by atoms with Crippen molar-refractivity contribution in [3.8, 4) is 11.5 Å². The van der Waals surface area contributed by atoms with Crippen LogP contribution >= 0.6 is 0 Å². The van der Waals surface area contributed by atoms with Gasteiger partial charge in [0.05, 0.1) is 7.11 Å². The van der Waals surface area contributed by atoms with E-state index in [0.29, 0.717) is 17.9 Å². The van der Waals surface area contributed by atoms with Crippen molar-refractivity contribution in [2.75, 3.05) is 7.11 Å². The molecule has 0 aromatic heterocycles. The molecule has 1 N–H and O–H groups in total. The second-order valence-corrected chi connectivity index (χ2v) is 4.91. The van der Waals surface area contributed by atoms with Crippen LogP contribution < -0.4 is 9.47 Å². The van der Waals surface area contributed by atoms with Gasteiger partial charge in [0.2, 0.25) is 0 Å². The Balaban J connectivity index is 2.79. The molecule has 0 heterocycles. The minimum Gasteiger partial charge on any atom is -0.493 e. The number of aryl methyl sites for hydroxylation is 1. The Morgan fingerprint density at radius 2 is 2.00 bits per heavy atom. The quantitative estimate of drug-likeness (QED) is 0.845. The predicted octanol–water partition coefficient (Wildman–Crippen LogP) is 3.03. The van der Waals surface area contributed by atoms with Crippen LogP contribution in [0.25, 0.3) is 0 Å². The van der Waals surface area contributed by atoms with Gasteiger partial charge in [-0.1, -0.05) is 6.07 Å². The first-order valence-corrected chi connectivity index (χ1v) is 5.89. The fourth-order valence-electron chi connectivity index (χ4n) is 1.62. The third-order valence-electron chi connectivity index (χ3n) is 2.65. The van der Waals surface area contributed by atoms with E-state index in [0.717, 1.165) is 5.56 Å². The van der Waals surface area contributed by atoms with Crippen molar-refractivity contribution in [3.63, 3.8) is 0 Å². The molecule has 0 amide bonds. The van der Waals surface area contributed by atoms with Crippen LogP contribution in [0.5, 0.6) is 11.5 Å². The third kappa shape index (κ3) is 4.28. The summed E-state index contributed by atoms with van der Waals surface area (Å²) in [6, 6.07) is 5.67. The zero-order valence-electron chi connectivity index (χ0n) is 11.3. The fourth-order valence-corrected chi connectivity index (χ4v) is 1.62. The van der Waals surface area contributed by atoms with Crippen LogP contribution in [0.2, 0.25) is 0 Å². The Hall–Kier alpha value is -1.71. The average molecular weight is 252 g/mol. The van der Waals surface area contributed by atoms with Gasteiger partial charge in [0.25, 0.3) is 0 Å². The molecule has 0 saturated carbocycles. The minimum atomic E-state index is -0.817. The van der Waals surface area contributed by atoms with Crippen LogP contribution in [-0.4, -0.2) is 23.8 Å². The number of hydrogen-bond donors (Lipinski definition) is 1. The first-order valence-electron chi connectivity index (χ1n) is 5.89. The van der Waals surface area contributed by atoms with Crippen molar-refractivity contribution < 1.29 is 19.4 Å². The van der Waals surface area contributed by atoms with Gasteiger partial charge >= 0.3 is 5.97 Å². The highest BCUT2D eigenvalue weighted by Gasteiger charge is 2.22. The monoisotopic (exact) mass is 252 g/mol. The summed E-state index contributed by atoms with van der Waals surface area (Å²) in [5.74, 6) is 0.486. The molecule has 18 heavy (non-hydrogen) atoms. The van der Waals surface area contributed by atoms with E-state index in [1.54, 1.807) is 7.11 Å². The lowest BCUT2D eigenvalue weighted by Crippen LogP contribution is -2.29. The van der Waals surface area contributed by atoms with E-state index in [9.17, 15) is 4.79 Å². The van der Waals surface area contributed by atoms with Crippen molar-refractivity contribution >= 4 is 5.97 Å². The van der Waals surface area contributed by atoms with Gasteiger partial charge in [-0.25, -0.2) is 0 Å². The summed E-state index contributed by atoms with van der Waals surface area (Å²) in [5, 5.41) is 8.70. The van der Waals surface area contributed by atoms with Crippen molar-refractivity contribution in [1.29, 1.82) is 0 Å². The summed E-state index contributed by atoms with van der Waals surface area (Å²) in [6.45, 7) is 5.71. The van der Waals surface area contributed by atoms with Gasteiger partial charge in [-0.2, -0.15) is 0 Å². The molecule has 4 heteroatoms. The summed E-state index contributed by atoms with van der Waals surface area (Å²) < 4.78 is 11.1. The van der Waals surface area contributed by atoms with Crippen LogP contribution in [0.3, 0.4) is 0 Å². The molecule has 0 atom stereocenters. The molecular formula is C14H20O4.